The quantitative estimate of drug-likeness (QED) is 0.155. The number of benzene rings is 1. The smallest absolute Gasteiger partial charge is 0.425 e. The number of likely N-dealkylation sites (N-methyl/N-ethyl adjacent to an activating group) is 1. The van der Waals surface area contributed by atoms with Crippen LogP contribution in [0.15, 0.2) is 72.0 Å². The summed E-state index contributed by atoms with van der Waals surface area (Å²) in [5, 5.41) is 13.9. The van der Waals surface area contributed by atoms with Gasteiger partial charge in [-0.1, -0.05) is 55.0 Å². The van der Waals surface area contributed by atoms with Crippen LogP contribution in [0.3, 0.4) is 0 Å². The third-order valence-electron chi connectivity index (χ3n) is 10.4. The summed E-state index contributed by atoms with van der Waals surface area (Å²) in [5.41, 5.74) is -3.09. The zero-order valence-electron chi connectivity index (χ0n) is 23.7. The number of carbonyl (C=O) groups is 2. The Kier molecular flexibility index (Phi) is 6.73. The molecule has 2 bridgehead atoms. The number of allylic oxidation sites excluding steroid dienone is 2. The molecule has 0 aromatic heterocycles. The van der Waals surface area contributed by atoms with Crippen molar-refractivity contribution in [2.24, 2.45) is 17.3 Å². The van der Waals surface area contributed by atoms with Crippen molar-refractivity contribution in [3.05, 3.63) is 77.6 Å². The van der Waals surface area contributed by atoms with Crippen molar-refractivity contribution in [2.45, 2.75) is 63.1 Å². The number of esters is 1. The molecule has 1 spiro atoms. The number of carbonyl (C=O) groups excluding carboxylic acids is 2. The Morgan fingerprint density at radius 3 is 2.64 bits per heavy atom. The summed E-state index contributed by atoms with van der Waals surface area (Å²) >= 11 is 0. The van der Waals surface area contributed by atoms with Gasteiger partial charge in [-0.15, -0.1) is 0 Å². The van der Waals surface area contributed by atoms with Crippen LogP contribution in [0.25, 0.3) is 5.76 Å². The van der Waals surface area contributed by atoms with Crippen LogP contribution >= 0.6 is 0 Å². The normalized spacial score (nSPS) is 37.0. The summed E-state index contributed by atoms with van der Waals surface area (Å²) in [7, 11) is 2.24. The fraction of sp³-hybridized carbons (Fsp3) is 0.500. The fourth-order valence-corrected chi connectivity index (χ4v) is 8.91. The fourth-order valence-electron chi connectivity index (χ4n) is 8.91. The van der Waals surface area contributed by atoms with E-state index in [1.165, 1.54) is 30.3 Å². The summed E-state index contributed by atoms with van der Waals surface area (Å²) in [6.45, 7) is 6.61. The Hall–Kier alpha value is -3.37. The van der Waals surface area contributed by atoms with E-state index >= 15 is 0 Å². The third kappa shape index (κ3) is 4.09. The van der Waals surface area contributed by atoms with Crippen molar-refractivity contribution in [3.63, 3.8) is 0 Å². The van der Waals surface area contributed by atoms with E-state index in [0.29, 0.717) is 12.8 Å². The molecule has 3 unspecified atom stereocenters. The van der Waals surface area contributed by atoms with Crippen molar-refractivity contribution >= 4 is 17.6 Å². The van der Waals surface area contributed by atoms with E-state index in [2.05, 4.69) is 18.9 Å². The number of alkyl halides is 3. The number of aliphatic hydroxyl groups is 1. The Bertz CT molecular complexity index is 1420. The van der Waals surface area contributed by atoms with Gasteiger partial charge in [0.1, 0.15) is 5.76 Å². The van der Waals surface area contributed by atoms with Crippen LogP contribution in [0.2, 0.25) is 0 Å². The number of likely N-dealkylation sites (tertiary alicyclic amines) is 1. The standard InChI is InChI=1S/C32H35F3N2O5/c1-4-16-37(3)17-15-30-22-11-8-12-25(30)42-31(24(39)14-13-21(28(30)31)18-23(22)37)36-29(40)26(32(33,34)35)27(41-19(2)38)20-9-6-5-7-10-20/h4-7,9-10,13-14,22-23,25,28H,1,8,11-12,15-18H2,2-3H3,(H-,36,39,40)/p+1/t22-,23+,25-,28?,30+,31?,37?/m0/s1. The number of rotatable bonds is 6. The van der Waals surface area contributed by atoms with E-state index in [0.717, 1.165) is 49.3 Å². The Morgan fingerprint density at radius 2 is 1.98 bits per heavy atom. The van der Waals surface area contributed by atoms with Crippen LogP contribution in [0.4, 0.5) is 13.2 Å². The molecular weight excluding hydrogens is 549 g/mol. The lowest BCUT2D eigenvalue weighted by atomic mass is 9.46. The van der Waals surface area contributed by atoms with Gasteiger partial charge in [-0.25, -0.2) is 0 Å². The van der Waals surface area contributed by atoms with Crippen LogP contribution in [0, 0.1) is 17.3 Å². The summed E-state index contributed by atoms with van der Waals surface area (Å²) in [6, 6.07) is 7.51. The largest absolute Gasteiger partial charge is 0.507 e. The molecule has 1 amide bonds. The molecule has 5 aliphatic rings. The van der Waals surface area contributed by atoms with E-state index in [1.54, 1.807) is 6.07 Å². The summed E-state index contributed by atoms with van der Waals surface area (Å²) in [6.07, 6.45) is 3.67. The van der Waals surface area contributed by atoms with Crippen molar-refractivity contribution in [2.75, 3.05) is 20.1 Å². The minimum Gasteiger partial charge on any atom is -0.507 e. The number of piperidine rings is 1. The van der Waals surface area contributed by atoms with Crippen molar-refractivity contribution in [3.8, 4) is 0 Å². The summed E-state index contributed by atoms with van der Waals surface area (Å²) in [5.74, 6) is -4.06. The number of hydrogen-bond donors (Lipinski definition) is 2. The highest BCUT2D eigenvalue weighted by Gasteiger charge is 2.76. The first kappa shape index (κ1) is 28.7. The van der Waals surface area contributed by atoms with Crippen molar-refractivity contribution in [1.29, 1.82) is 0 Å². The molecular formula is C32H36F3N2O5+. The molecule has 2 heterocycles. The first-order valence-corrected chi connectivity index (χ1v) is 14.5. The molecule has 0 radical (unpaired) electrons. The van der Waals surface area contributed by atoms with Gasteiger partial charge in [0.2, 0.25) is 5.72 Å². The number of hydrogen-bond acceptors (Lipinski definition) is 5. The molecule has 2 N–H and O–H groups in total. The van der Waals surface area contributed by atoms with Crippen LogP contribution in [0.1, 0.15) is 44.6 Å². The number of aliphatic hydroxyl groups excluding tert-OH is 1. The molecule has 224 valence electrons. The summed E-state index contributed by atoms with van der Waals surface area (Å²) < 4.78 is 56.6. The number of nitrogens with one attached hydrogen (secondary N) is 1. The molecule has 6 rings (SSSR count). The van der Waals surface area contributed by atoms with Gasteiger partial charge >= 0.3 is 12.1 Å². The SMILES string of the molecule is C=CC[N+]1(C)CC[C@]23C4C5=CC=C(O)C4(NC(=O)C(=C(OC(C)=O)c4ccccc4)C(F)(F)F)O[C@H]2CCC[C@H]3[C@H]1C5. The Balaban J connectivity index is 1.47. The van der Waals surface area contributed by atoms with E-state index in [9.17, 15) is 27.9 Å². The highest BCUT2D eigenvalue weighted by Crippen LogP contribution is 2.70. The molecule has 2 saturated carbocycles. The minimum atomic E-state index is -5.19. The third-order valence-corrected chi connectivity index (χ3v) is 10.4. The average Bonchev–Trinajstić information content (AvgIpc) is 3.22. The molecule has 10 heteroatoms. The van der Waals surface area contributed by atoms with Gasteiger partial charge in [0.05, 0.1) is 32.3 Å². The van der Waals surface area contributed by atoms with Crippen LogP contribution < -0.4 is 5.32 Å². The van der Waals surface area contributed by atoms with Crippen LogP contribution in [0.5, 0.6) is 0 Å². The lowest BCUT2D eigenvalue weighted by Crippen LogP contribution is -2.71. The van der Waals surface area contributed by atoms with Crippen molar-refractivity contribution in [1.82, 2.24) is 5.32 Å². The molecule has 2 aliphatic heterocycles. The second-order valence-corrected chi connectivity index (χ2v) is 12.5. The van der Waals surface area contributed by atoms with Crippen molar-refractivity contribution < 1.29 is 41.8 Å². The topological polar surface area (TPSA) is 84.9 Å². The van der Waals surface area contributed by atoms with Gasteiger partial charge in [0.15, 0.2) is 11.3 Å². The molecule has 2 saturated heterocycles. The molecule has 7 atom stereocenters. The first-order valence-electron chi connectivity index (χ1n) is 14.5. The maximum Gasteiger partial charge on any atom is 0.425 e. The number of halogens is 3. The molecule has 3 aliphatic carbocycles. The number of nitrogens with zero attached hydrogens (tertiary/aromatic N) is 1. The van der Waals surface area contributed by atoms with E-state index in [1.807, 2.05) is 12.2 Å². The molecule has 1 aromatic carbocycles. The highest BCUT2D eigenvalue weighted by atomic mass is 19.4. The van der Waals surface area contributed by atoms with Crippen LogP contribution in [-0.4, -0.2) is 65.7 Å². The molecule has 42 heavy (non-hydrogen) atoms. The van der Waals surface area contributed by atoms with E-state index < -0.39 is 46.4 Å². The van der Waals surface area contributed by atoms with E-state index in [-0.39, 0.29) is 29.4 Å². The lowest BCUT2D eigenvalue weighted by molar-refractivity contribution is -0.942. The Labute approximate surface area is 242 Å². The second-order valence-electron chi connectivity index (χ2n) is 12.5. The molecule has 7 nitrogen and oxygen atoms in total. The van der Waals surface area contributed by atoms with Crippen LogP contribution in [-0.2, 0) is 19.1 Å². The summed E-state index contributed by atoms with van der Waals surface area (Å²) in [4.78, 5) is 25.8. The lowest BCUT2D eigenvalue weighted by Gasteiger charge is -2.63. The van der Waals surface area contributed by atoms with Gasteiger partial charge in [0, 0.05) is 42.6 Å². The molecule has 4 fully saturated rings. The first-order chi connectivity index (χ1) is 19.9. The van der Waals surface area contributed by atoms with E-state index in [4.69, 9.17) is 9.47 Å². The number of ether oxygens (including phenoxy) is 2. The maximum absolute atomic E-state index is 14.7. The zero-order chi connectivity index (χ0) is 30.1. The van der Waals surface area contributed by atoms with Gasteiger partial charge < -0.3 is 24.4 Å². The predicted octanol–water partition coefficient (Wildman–Crippen LogP) is 5.33. The number of amides is 1. The number of quaternary nitrogens is 1. The maximum atomic E-state index is 14.7. The highest BCUT2D eigenvalue weighted by molar-refractivity contribution is 6.03. The second kappa shape index (κ2) is 9.84. The predicted molar refractivity (Wildman–Crippen MR) is 148 cm³/mol. The van der Waals surface area contributed by atoms with Gasteiger partial charge in [-0.2, -0.15) is 13.2 Å². The van der Waals surface area contributed by atoms with Gasteiger partial charge in [-0.3, -0.25) is 9.59 Å². The van der Waals surface area contributed by atoms with Gasteiger partial charge in [-0.05, 0) is 25.0 Å². The zero-order valence-corrected chi connectivity index (χ0v) is 23.7. The molecule has 1 aromatic rings. The Morgan fingerprint density at radius 1 is 1.24 bits per heavy atom. The monoisotopic (exact) mass is 585 g/mol. The van der Waals surface area contributed by atoms with Gasteiger partial charge in [0.25, 0.3) is 5.91 Å². The average molecular weight is 586 g/mol. The minimum absolute atomic E-state index is 0.0802.